The van der Waals surface area contributed by atoms with E-state index in [4.69, 9.17) is 4.42 Å². The molecule has 1 aromatic heterocycles. The van der Waals surface area contributed by atoms with Crippen molar-refractivity contribution in [1.82, 2.24) is 10.2 Å². The van der Waals surface area contributed by atoms with Gasteiger partial charge in [-0.15, -0.1) is 0 Å². The van der Waals surface area contributed by atoms with Crippen LogP contribution in [0.2, 0.25) is 0 Å². The highest BCUT2D eigenvalue weighted by Gasteiger charge is 2.16. The summed E-state index contributed by atoms with van der Waals surface area (Å²) in [5.41, 5.74) is 0. The second-order valence-electron chi connectivity index (χ2n) is 4.81. The van der Waals surface area contributed by atoms with Gasteiger partial charge in [-0.25, -0.2) is 0 Å². The van der Waals surface area contributed by atoms with Gasteiger partial charge in [0.15, 0.2) is 0 Å². The summed E-state index contributed by atoms with van der Waals surface area (Å²) in [6.07, 6.45) is 3.91. The first-order valence-corrected chi connectivity index (χ1v) is 6.43. The molecule has 0 saturated carbocycles. The first kappa shape index (κ1) is 12.6. The van der Waals surface area contributed by atoms with E-state index in [9.17, 15) is 5.11 Å². The number of aliphatic hydroxyl groups is 1. The quantitative estimate of drug-likeness (QED) is 0.786. The zero-order valence-electron chi connectivity index (χ0n) is 10.4. The molecular formula is C13H22N2O2. The van der Waals surface area contributed by atoms with Gasteiger partial charge in [0.25, 0.3) is 0 Å². The number of β-amino-alcohol motifs (C(OH)–C–C–N with tert-alkyl or cyclic N) is 1. The Morgan fingerprint density at radius 1 is 1.47 bits per heavy atom. The molecule has 4 heteroatoms. The predicted molar refractivity (Wildman–Crippen MR) is 66.8 cm³/mol. The van der Waals surface area contributed by atoms with Crippen molar-refractivity contribution in [3.05, 3.63) is 24.2 Å². The Hall–Kier alpha value is -0.840. The molecule has 1 aliphatic rings. The van der Waals surface area contributed by atoms with Crippen LogP contribution < -0.4 is 5.32 Å². The molecule has 4 nitrogen and oxygen atoms in total. The van der Waals surface area contributed by atoms with E-state index in [0.717, 1.165) is 25.4 Å². The summed E-state index contributed by atoms with van der Waals surface area (Å²) in [6.45, 7) is 5.69. The lowest BCUT2D eigenvalue weighted by atomic mass is 10.2. The van der Waals surface area contributed by atoms with E-state index in [1.807, 2.05) is 19.1 Å². The molecule has 1 saturated heterocycles. The first-order chi connectivity index (χ1) is 8.25. The summed E-state index contributed by atoms with van der Waals surface area (Å²) < 4.78 is 5.31. The van der Waals surface area contributed by atoms with Crippen LogP contribution in [0.4, 0.5) is 0 Å². The molecule has 1 aromatic rings. The van der Waals surface area contributed by atoms with Gasteiger partial charge in [0.05, 0.1) is 18.4 Å². The molecule has 1 aliphatic heterocycles. The van der Waals surface area contributed by atoms with Gasteiger partial charge < -0.3 is 19.7 Å². The zero-order chi connectivity index (χ0) is 12.1. The third-order valence-electron chi connectivity index (χ3n) is 3.30. The molecule has 2 N–H and O–H groups in total. The fourth-order valence-corrected chi connectivity index (χ4v) is 2.28. The van der Waals surface area contributed by atoms with Crippen LogP contribution in [0, 0.1) is 0 Å². The van der Waals surface area contributed by atoms with Crippen molar-refractivity contribution in [2.75, 3.05) is 26.2 Å². The van der Waals surface area contributed by atoms with Crippen LogP contribution in [0.1, 0.15) is 31.6 Å². The SMILES string of the molecule is C[C@H](NCC(O)CN1CCCC1)c1ccco1. The molecule has 2 heterocycles. The molecule has 96 valence electrons. The molecule has 0 aliphatic carbocycles. The number of likely N-dealkylation sites (tertiary alicyclic amines) is 1. The number of furan rings is 1. The molecule has 17 heavy (non-hydrogen) atoms. The maximum Gasteiger partial charge on any atom is 0.120 e. The van der Waals surface area contributed by atoms with Crippen LogP contribution in [0.3, 0.4) is 0 Å². The minimum absolute atomic E-state index is 0.151. The molecule has 0 radical (unpaired) electrons. The van der Waals surface area contributed by atoms with Crippen LogP contribution >= 0.6 is 0 Å². The maximum absolute atomic E-state index is 9.92. The minimum atomic E-state index is -0.300. The number of nitrogens with zero attached hydrogens (tertiary/aromatic N) is 1. The highest BCUT2D eigenvalue weighted by Crippen LogP contribution is 2.12. The Kier molecular flexibility index (Phi) is 4.59. The summed E-state index contributed by atoms with van der Waals surface area (Å²) in [7, 11) is 0. The van der Waals surface area contributed by atoms with E-state index < -0.39 is 0 Å². The van der Waals surface area contributed by atoms with Crippen molar-refractivity contribution in [2.24, 2.45) is 0 Å². The highest BCUT2D eigenvalue weighted by molar-refractivity contribution is 5.02. The van der Waals surface area contributed by atoms with Crippen molar-refractivity contribution in [3.63, 3.8) is 0 Å². The molecule has 0 bridgehead atoms. The highest BCUT2D eigenvalue weighted by atomic mass is 16.3. The van der Waals surface area contributed by atoms with E-state index >= 15 is 0 Å². The average molecular weight is 238 g/mol. The molecule has 2 rings (SSSR count). The van der Waals surface area contributed by atoms with Crippen molar-refractivity contribution in [3.8, 4) is 0 Å². The number of hydrogen-bond acceptors (Lipinski definition) is 4. The first-order valence-electron chi connectivity index (χ1n) is 6.43. The minimum Gasteiger partial charge on any atom is -0.468 e. The predicted octanol–water partition coefficient (Wildman–Crippen LogP) is 1.39. The smallest absolute Gasteiger partial charge is 0.120 e. The normalized spacial score (nSPS) is 20.6. The fraction of sp³-hybridized carbons (Fsp3) is 0.692. The Balaban J connectivity index is 1.66. The van der Waals surface area contributed by atoms with Gasteiger partial charge in [0, 0.05) is 13.1 Å². The molecule has 1 fully saturated rings. The van der Waals surface area contributed by atoms with Crippen LogP contribution in [-0.4, -0.2) is 42.3 Å². The van der Waals surface area contributed by atoms with Crippen molar-refractivity contribution in [2.45, 2.75) is 31.9 Å². The molecule has 0 aromatic carbocycles. The lowest BCUT2D eigenvalue weighted by Crippen LogP contribution is -2.37. The van der Waals surface area contributed by atoms with Crippen LogP contribution in [0.25, 0.3) is 0 Å². The second-order valence-corrected chi connectivity index (χ2v) is 4.81. The third kappa shape index (κ3) is 3.84. The van der Waals surface area contributed by atoms with E-state index in [1.54, 1.807) is 6.26 Å². The van der Waals surface area contributed by atoms with Crippen LogP contribution in [-0.2, 0) is 0 Å². The molecule has 0 amide bonds. The van der Waals surface area contributed by atoms with Gasteiger partial charge in [-0.2, -0.15) is 0 Å². The summed E-state index contributed by atoms with van der Waals surface area (Å²) in [4.78, 5) is 2.32. The Morgan fingerprint density at radius 3 is 2.88 bits per heavy atom. The number of rotatable bonds is 6. The zero-order valence-corrected chi connectivity index (χ0v) is 10.4. The average Bonchev–Trinajstić information content (AvgIpc) is 2.97. The summed E-state index contributed by atoms with van der Waals surface area (Å²) >= 11 is 0. The number of nitrogens with one attached hydrogen (secondary N) is 1. The largest absolute Gasteiger partial charge is 0.468 e. The van der Waals surface area contributed by atoms with Gasteiger partial charge in [0.1, 0.15) is 5.76 Å². The van der Waals surface area contributed by atoms with Gasteiger partial charge in [0.2, 0.25) is 0 Å². The molecular weight excluding hydrogens is 216 g/mol. The van der Waals surface area contributed by atoms with Gasteiger partial charge in [-0.1, -0.05) is 0 Å². The topological polar surface area (TPSA) is 48.6 Å². The second kappa shape index (κ2) is 6.19. The third-order valence-corrected chi connectivity index (χ3v) is 3.30. The van der Waals surface area contributed by atoms with Crippen LogP contribution in [0.15, 0.2) is 22.8 Å². The lowest BCUT2D eigenvalue weighted by Gasteiger charge is -2.21. The van der Waals surface area contributed by atoms with Crippen molar-refractivity contribution >= 4 is 0 Å². The fourth-order valence-electron chi connectivity index (χ4n) is 2.28. The maximum atomic E-state index is 9.92. The summed E-state index contributed by atoms with van der Waals surface area (Å²) in [5.74, 6) is 0.915. The van der Waals surface area contributed by atoms with E-state index in [1.165, 1.54) is 12.8 Å². The Bertz CT molecular complexity index is 307. The van der Waals surface area contributed by atoms with Gasteiger partial charge in [-0.3, -0.25) is 0 Å². The van der Waals surface area contributed by atoms with Gasteiger partial charge in [-0.05, 0) is 45.0 Å². The molecule has 2 atom stereocenters. The van der Waals surface area contributed by atoms with Gasteiger partial charge >= 0.3 is 0 Å². The lowest BCUT2D eigenvalue weighted by molar-refractivity contribution is 0.120. The molecule has 0 spiro atoms. The van der Waals surface area contributed by atoms with E-state index in [0.29, 0.717) is 6.54 Å². The van der Waals surface area contributed by atoms with Crippen LogP contribution in [0.5, 0.6) is 0 Å². The molecule has 1 unspecified atom stereocenters. The van der Waals surface area contributed by atoms with E-state index in [-0.39, 0.29) is 12.1 Å². The monoisotopic (exact) mass is 238 g/mol. The van der Waals surface area contributed by atoms with Crippen molar-refractivity contribution in [1.29, 1.82) is 0 Å². The Labute approximate surface area is 103 Å². The van der Waals surface area contributed by atoms with Crippen molar-refractivity contribution < 1.29 is 9.52 Å². The number of aliphatic hydroxyl groups excluding tert-OH is 1. The number of hydrogen-bond donors (Lipinski definition) is 2. The summed E-state index contributed by atoms with van der Waals surface area (Å²) in [6, 6.07) is 3.98. The van der Waals surface area contributed by atoms with E-state index in [2.05, 4.69) is 10.2 Å². The Morgan fingerprint density at radius 2 is 2.24 bits per heavy atom. The standard InChI is InChI=1S/C13H22N2O2/c1-11(13-5-4-8-17-13)14-9-12(16)10-15-6-2-3-7-15/h4-5,8,11-12,14,16H,2-3,6-7,9-10H2,1H3/t11-,12?/m0/s1. The summed E-state index contributed by atoms with van der Waals surface area (Å²) in [5, 5.41) is 13.2.